The largest absolute Gasteiger partial charge is 0.299 e. The molecule has 0 aliphatic heterocycles. The van der Waals surface area contributed by atoms with E-state index in [1.807, 2.05) is 0 Å². The second-order valence-corrected chi connectivity index (χ2v) is 4.91. The Kier molecular flexibility index (Phi) is 2.48. The van der Waals surface area contributed by atoms with Gasteiger partial charge < -0.3 is 0 Å². The predicted octanol–water partition coefficient (Wildman–Crippen LogP) is 3.04. The highest BCUT2D eigenvalue weighted by Crippen LogP contribution is 2.41. The third kappa shape index (κ3) is 2.48. The highest BCUT2D eigenvalue weighted by Gasteiger charge is 2.44. The van der Waals surface area contributed by atoms with Crippen molar-refractivity contribution in [2.75, 3.05) is 0 Å². The first kappa shape index (κ1) is 10.6. The summed E-state index contributed by atoms with van der Waals surface area (Å²) in [4.78, 5) is 11.6. The third-order valence-electron chi connectivity index (χ3n) is 2.51. The van der Waals surface area contributed by atoms with Crippen LogP contribution in [0.4, 0.5) is 8.78 Å². The van der Waals surface area contributed by atoms with Crippen LogP contribution in [-0.2, 0) is 4.79 Å². The average Bonchev–Trinajstić information content (AvgIpc) is 2.26. The molecule has 0 N–H and O–H groups in total. The highest BCUT2D eigenvalue weighted by atomic mass is 19.3. The molecular formula is C10H16F2O. The Balaban J connectivity index is 2.62. The van der Waals surface area contributed by atoms with Crippen LogP contribution in [0.5, 0.6) is 0 Å². The Labute approximate surface area is 77.5 Å². The van der Waals surface area contributed by atoms with Gasteiger partial charge in [-0.1, -0.05) is 20.8 Å². The van der Waals surface area contributed by atoms with Crippen LogP contribution >= 0.6 is 0 Å². The van der Waals surface area contributed by atoms with Crippen LogP contribution < -0.4 is 0 Å². The molecule has 76 valence electrons. The number of carbonyl (C=O) groups excluding carboxylic acids is 1. The van der Waals surface area contributed by atoms with Crippen LogP contribution in [-0.4, -0.2) is 11.7 Å². The summed E-state index contributed by atoms with van der Waals surface area (Å²) in [5.74, 6) is -3.05. The zero-order valence-corrected chi connectivity index (χ0v) is 8.36. The molecule has 1 fully saturated rings. The van der Waals surface area contributed by atoms with Crippen LogP contribution in [0.15, 0.2) is 0 Å². The Morgan fingerprint density at radius 3 is 2.23 bits per heavy atom. The fourth-order valence-electron chi connectivity index (χ4n) is 1.79. The van der Waals surface area contributed by atoms with E-state index in [9.17, 15) is 13.6 Å². The van der Waals surface area contributed by atoms with E-state index in [1.54, 1.807) is 20.8 Å². The number of hydrogen-bond acceptors (Lipinski definition) is 1. The minimum Gasteiger partial charge on any atom is -0.299 e. The van der Waals surface area contributed by atoms with Crippen molar-refractivity contribution in [2.24, 2.45) is 11.3 Å². The number of Topliss-reactive ketones (excluding diaryl/α,β-unsaturated/α-hetero) is 1. The molecule has 0 bridgehead atoms. The lowest BCUT2D eigenvalue weighted by Gasteiger charge is -2.21. The fourth-order valence-corrected chi connectivity index (χ4v) is 1.79. The Morgan fingerprint density at radius 2 is 1.92 bits per heavy atom. The molecule has 1 aliphatic rings. The monoisotopic (exact) mass is 190 g/mol. The lowest BCUT2D eigenvalue weighted by molar-refractivity contribution is -0.131. The second-order valence-electron chi connectivity index (χ2n) is 4.91. The molecule has 1 nitrogen and oxygen atoms in total. The van der Waals surface area contributed by atoms with Crippen molar-refractivity contribution in [3.05, 3.63) is 0 Å². The Morgan fingerprint density at radius 1 is 1.38 bits per heavy atom. The number of rotatable bonds is 1. The van der Waals surface area contributed by atoms with Crippen molar-refractivity contribution in [1.82, 2.24) is 0 Å². The van der Waals surface area contributed by atoms with E-state index in [0.29, 0.717) is 6.42 Å². The number of ketones is 1. The van der Waals surface area contributed by atoms with Gasteiger partial charge in [-0.3, -0.25) is 4.79 Å². The minimum atomic E-state index is -2.61. The molecule has 0 heterocycles. The molecule has 3 heteroatoms. The smallest absolute Gasteiger partial charge is 0.248 e. The molecule has 0 spiro atoms. The maximum atomic E-state index is 12.8. The Hall–Kier alpha value is -0.470. The van der Waals surface area contributed by atoms with E-state index in [2.05, 4.69) is 0 Å². The van der Waals surface area contributed by atoms with Gasteiger partial charge in [0.15, 0.2) is 0 Å². The van der Waals surface area contributed by atoms with Gasteiger partial charge in [0, 0.05) is 24.2 Å². The zero-order valence-electron chi connectivity index (χ0n) is 8.36. The van der Waals surface area contributed by atoms with E-state index in [4.69, 9.17) is 0 Å². The fraction of sp³-hybridized carbons (Fsp3) is 0.900. The van der Waals surface area contributed by atoms with Crippen molar-refractivity contribution in [1.29, 1.82) is 0 Å². The molecule has 13 heavy (non-hydrogen) atoms. The van der Waals surface area contributed by atoms with Crippen molar-refractivity contribution >= 4 is 5.78 Å². The summed E-state index contributed by atoms with van der Waals surface area (Å²) in [6.45, 7) is 5.35. The van der Waals surface area contributed by atoms with Gasteiger partial charge in [-0.2, -0.15) is 0 Å². The standard InChI is InChI=1S/C10H16F2O/c1-9(2,3)8(13)7-4-5-10(11,12)6-7/h7H,4-6H2,1-3H3. The van der Waals surface area contributed by atoms with Gasteiger partial charge in [0.2, 0.25) is 5.92 Å². The molecule has 0 amide bonds. The molecule has 0 saturated heterocycles. The molecule has 1 aliphatic carbocycles. The molecule has 1 atom stereocenters. The summed E-state index contributed by atoms with van der Waals surface area (Å²) >= 11 is 0. The number of halogens is 2. The second kappa shape index (κ2) is 3.03. The molecule has 1 rings (SSSR count). The first-order chi connectivity index (χ1) is 5.72. The Bertz CT molecular complexity index is 215. The van der Waals surface area contributed by atoms with Crippen LogP contribution in [0.1, 0.15) is 40.0 Å². The molecule has 0 radical (unpaired) electrons. The molecule has 1 saturated carbocycles. The van der Waals surface area contributed by atoms with Crippen LogP contribution in [0.2, 0.25) is 0 Å². The minimum absolute atomic E-state index is 0.0234. The van der Waals surface area contributed by atoms with Gasteiger partial charge in [-0.25, -0.2) is 8.78 Å². The summed E-state index contributed by atoms with van der Waals surface area (Å²) < 4.78 is 25.6. The lowest BCUT2D eigenvalue weighted by atomic mass is 9.82. The van der Waals surface area contributed by atoms with Gasteiger partial charge in [0.25, 0.3) is 0 Å². The molecule has 0 aromatic heterocycles. The summed E-state index contributed by atoms with van der Waals surface area (Å²) in [7, 11) is 0. The van der Waals surface area contributed by atoms with Gasteiger partial charge in [0.1, 0.15) is 5.78 Å². The van der Waals surface area contributed by atoms with Crippen molar-refractivity contribution < 1.29 is 13.6 Å². The van der Waals surface area contributed by atoms with Crippen LogP contribution in [0, 0.1) is 11.3 Å². The average molecular weight is 190 g/mol. The number of alkyl halides is 2. The maximum Gasteiger partial charge on any atom is 0.248 e. The zero-order chi connectivity index (χ0) is 10.3. The SMILES string of the molecule is CC(C)(C)C(=O)C1CCC(F)(F)C1. The first-order valence-electron chi connectivity index (χ1n) is 4.64. The first-order valence-corrected chi connectivity index (χ1v) is 4.64. The summed E-state index contributed by atoms with van der Waals surface area (Å²) in [5.41, 5.74) is -0.481. The van der Waals surface area contributed by atoms with E-state index < -0.39 is 17.3 Å². The summed E-state index contributed by atoms with van der Waals surface area (Å²) in [5, 5.41) is 0. The highest BCUT2D eigenvalue weighted by molar-refractivity contribution is 5.86. The normalized spacial score (nSPS) is 27.6. The quantitative estimate of drug-likeness (QED) is 0.621. The molecule has 0 aromatic carbocycles. The van der Waals surface area contributed by atoms with Gasteiger partial charge in [0.05, 0.1) is 0 Å². The molecule has 0 aromatic rings. The lowest BCUT2D eigenvalue weighted by Crippen LogP contribution is -2.27. The van der Waals surface area contributed by atoms with Gasteiger partial charge >= 0.3 is 0 Å². The van der Waals surface area contributed by atoms with Crippen molar-refractivity contribution in [3.63, 3.8) is 0 Å². The van der Waals surface area contributed by atoms with Crippen LogP contribution in [0.25, 0.3) is 0 Å². The predicted molar refractivity (Wildman–Crippen MR) is 46.8 cm³/mol. The van der Waals surface area contributed by atoms with Gasteiger partial charge in [-0.05, 0) is 6.42 Å². The number of hydrogen-bond donors (Lipinski definition) is 0. The van der Waals surface area contributed by atoms with Crippen molar-refractivity contribution in [2.45, 2.75) is 46.0 Å². The third-order valence-corrected chi connectivity index (χ3v) is 2.51. The summed E-state index contributed by atoms with van der Waals surface area (Å²) in [6, 6.07) is 0. The molecular weight excluding hydrogens is 174 g/mol. The van der Waals surface area contributed by atoms with E-state index in [0.717, 1.165) is 0 Å². The summed E-state index contributed by atoms with van der Waals surface area (Å²) in [6.07, 6.45) is -0.0221. The number of carbonyl (C=O) groups is 1. The van der Waals surface area contributed by atoms with Crippen molar-refractivity contribution in [3.8, 4) is 0 Å². The molecule has 1 unspecified atom stereocenters. The van der Waals surface area contributed by atoms with E-state index >= 15 is 0 Å². The van der Waals surface area contributed by atoms with Crippen LogP contribution in [0.3, 0.4) is 0 Å². The topological polar surface area (TPSA) is 17.1 Å². The van der Waals surface area contributed by atoms with E-state index in [1.165, 1.54) is 0 Å². The van der Waals surface area contributed by atoms with Gasteiger partial charge in [-0.15, -0.1) is 0 Å². The maximum absolute atomic E-state index is 12.8. The van der Waals surface area contributed by atoms with E-state index in [-0.39, 0.29) is 18.6 Å².